The molecule has 0 aliphatic heterocycles. The number of amides is 1. The Hall–Kier alpha value is -2.83. The van der Waals surface area contributed by atoms with E-state index in [-0.39, 0.29) is 24.5 Å². The molecule has 0 saturated carbocycles. The molecule has 138 valence electrons. The lowest BCUT2D eigenvalue weighted by Gasteiger charge is -2.20. The SMILES string of the molecule is CC(=O)c1cccc(OCC(=O)N(C)Cc2ccccc2C(F)(F)F)c1. The molecule has 2 rings (SSSR count). The van der Waals surface area contributed by atoms with Crippen molar-refractivity contribution in [1.29, 1.82) is 0 Å². The van der Waals surface area contributed by atoms with E-state index < -0.39 is 17.6 Å². The Kier molecular flexibility index (Phi) is 6.02. The molecule has 0 radical (unpaired) electrons. The maximum atomic E-state index is 13.0. The number of hydrogen-bond acceptors (Lipinski definition) is 3. The number of carbonyl (C=O) groups is 2. The minimum absolute atomic E-state index is 0.00873. The zero-order valence-corrected chi connectivity index (χ0v) is 14.3. The van der Waals surface area contributed by atoms with Gasteiger partial charge < -0.3 is 9.64 Å². The summed E-state index contributed by atoms with van der Waals surface area (Å²) in [5.74, 6) is -0.270. The molecule has 0 unspecified atom stereocenters. The van der Waals surface area contributed by atoms with Crippen LogP contribution in [0.2, 0.25) is 0 Å². The third kappa shape index (κ3) is 5.08. The molecule has 2 aromatic carbocycles. The van der Waals surface area contributed by atoms with Crippen molar-refractivity contribution < 1.29 is 27.5 Å². The molecule has 1 amide bonds. The van der Waals surface area contributed by atoms with Gasteiger partial charge in [-0.1, -0.05) is 30.3 Å². The molecule has 0 aliphatic rings. The zero-order valence-electron chi connectivity index (χ0n) is 14.3. The van der Waals surface area contributed by atoms with Crippen molar-refractivity contribution in [2.24, 2.45) is 0 Å². The predicted octanol–water partition coefficient (Wildman–Crippen LogP) is 3.95. The van der Waals surface area contributed by atoms with Crippen molar-refractivity contribution in [3.63, 3.8) is 0 Å². The van der Waals surface area contributed by atoms with E-state index in [0.717, 1.165) is 6.07 Å². The van der Waals surface area contributed by atoms with E-state index in [0.29, 0.717) is 11.3 Å². The third-order valence-corrected chi connectivity index (χ3v) is 3.76. The van der Waals surface area contributed by atoms with Gasteiger partial charge in [0.1, 0.15) is 5.75 Å². The van der Waals surface area contributed by atoms with Gasteiger partial charge in [0.15, 0.2) is 12.4 Å². The quantitative estimate of drug-likeness (QED) is 0.729. The van der Waals surface area contributed by atoms with E-state index in [4.69, 9.17) is 4.74 Å². The Morgan fingerprint density at radius 2 is 1.77 bits per heavy atom. The molecule has 0 spiro atoms. The first-order valence-corrected chi connectivity index (χ1v) is 7.81. The first-order valence-electron chi connectivity index (χ1n) is 7.81. The van der Waals surface area contributed by atoms with E-state index in [1.807, 2.05) is 0 Å². The number of ketones is 1. The van der Waals surface area contributed by atoms with Crippen LogP contribution >= 0.6 is 0 Å². The molecule has 0 fully saturated rings. The molecule has 0 atom stereocenters. The number of ether oxygens (including phenoxy) is 1. The summed E-state index contributed by atoms with van der Waals surface area (Å²) in [5.41, 5.74) is -0.313. The number of rotatable bonds is 6. The molecule has 7 heteroatoms. The highest BCUT2D eigenvalue weighted by Crippen LogP contribution is 2.32. The molecule has 0 saturated heterocycles. The van der Waals surface area contributed by atoms with Crippen molar-refractivity contribution >= 4 is 11.7 Å². The first kappa shape index (κ1) is 19.5. The van der Waals surface area contributed by atoms with Crippen LogP contribution in [-0.2, 0) is 17.5 Å². The average molecular weight is 365 g/mol. The Morgan fingerprint density at radius 3 is 2.42 bits per heavy atom. The second-order valence-electron chi connectivity index (χ2n) is 5.78. The van der Waals surface area contributed by atoms with Gasteiger partial charge in [0.05, 0.1) is 5.56 Å². The molecular weight excluding hydrogens is 347 g/mol. The van der Waals surface area contributed by atoms with Crippen molar-refractivity contribution in [2.45, 2.75) is 19.6 Å². The Bertz CT molecular complexity index is 803. The van der Waals surface area contributed by atoms with Gasteiger partial charge in [-0.25, -0.2) is 0 Å². The predicted molar refractivity (Wildman–Crippen MR) is 89.9 cm³/mol. The Morgan fingerprint density at radius 1 is 1.08 bits per heavy atom. The maximum Gasteiger partial charge on any atom is 0.416 e. The zero-order chi connectivity index (χ0) is 19.3. The van der Waals surface area contributed by atoms with Crippen molar-refractivity contribution in [1.82, 2.24) is 4.90 Å². The number of alkyl halides is 3. The molecule has 26 heavy (non-hydrogen) atoms. The Labute approximate surface area is 149 Å². The average Bonchev–Trinajstić information content (AvgIpc) is 2.59. The summed E-state index contributed by atoms with van der Waals surface area (Å²) in [6, 6.07) is 11.5. The van der Waals surface area contributed by atoms with Gasteiger partial charge in [-0.3, -0.25) is 9.59 Å². The first-order chi connectivity index (χ1) is 12.2. The summed E-state index contributed by atoms with van der Waals surface area (Å²) in [5, 5.41) is 0. The number of likely N-dealkylation sites (N-methyl/N-ethyl adjacent to an activating group) is 1. The minimum atomic E-state index is -4.48. The second-order valence-corrected chi connectivity index (χ2v) is 5.78. The Balaban J connectivity index is 2.01. The van der Waals surface area contributed by atoms with Crippen LogP contribution in [0.4, 0.5) is 13.2 Å². The lowest BCUT2D eigenvalue weighted by atomic mass is 10.1. The smallest absolute Gasteiger partial charge is 0.416 e. The van der Waals surface area contributed by atoms with E-state index in [9.17, 15) is 22.8 Å². The van der Waals surface area contributed by atoms with Crippen LogP contribution in [0.3, 0.4) is 0 Å². The largest absolute Gasteiger partial charge is 0.484 e. The minimum Gasteiger partial charge on any atom is -0.484 e. The highest BCUT2D eigenvalue weighted by Gasteiger charge is 2.33. The van der Waals surface area contributed by atoms with Gasteiger partial charge in [-0.15, -0.1) is 0 Å². The number of halogens is 3. The number of nitrogens with zero attached hydrogens (tertiary/aromatic N) is 1. The van der Waals surface area contributed by atoms with Crippen LogP contribution in [0, 0.1) is 0 Å². The van der Waals surface area contributed by atoms with Gasteiger partial charge in [-0.05, 0) is 30.7 Å². The van der Waals surface area contributed by atoms with Crippen molar-refractivity contribution in [3.05, 3.63) is 65.2 Å². The van der Waals surface area contributed by atoms with E-state index >= 15 is 0 Å². The summed E-state index contributed by atoms with van der Waals surface area (Å²) in [6.07, 6.45) is -4.48. The number of carbonyl (C=O) groups excluding carboxylic acids is 2. The highest BCUT2D eigenvalue weighted by molar-refractivity contribution is 5.94. The molecular formula is C19H18F3NO3. The lowest BCUT2D eigenvalue weighted by Crippen LogP contribution is -2.31. The highest BCUT2D eigenvalue weighted by atomic mass is 19.4. The van der Waals surface area contributed by atoms with Gasteiger partial charge in [0, 0.05) is 19.2 Å². The van der Waals surface area contributed by atoms with E-state index in [1.165, 1.54) is 43.1 Å². The molecule has 2 aromatic rings. The monoisotopic (exact) mass is 365 g/mol. The number of benzene rings is 2. The maximum absolute atomic E-state index is 13.0. The van der Waals surface area contributed by atoms with Crippen LogP contribution in [0.25, 0.3) is 0 Å². The lowest BCUT2D eigenvalue weighted by molar-refractivity contribution is -0.140. The van der Waals surface area contributed by atoms with Gasteiger partial charge in [0.2, 0.25) is 0 Å². The summed E-state index contributed by atoms with van der Waals surface area (Å²) < 4.78 is 44.4. The van der Waals surface area contributed by atoms with Crippen molar-refractivity contribution in [2.75, 3.05) is 13.7 Å². The summed E-state index contributed by atoms with van der Waals surface area (Å²) in [7, 11) is 1.41. The van der Waals surface area contributed by atoms with Crippen LogP contribution < -0.4 is 4.74 Å². The topological polar surface area (TPSA) is 46.6 Å². The van der Waals surface area contributed by atoms with Crippen LogP contribution in [0.1, 0.15) is 28.4 Å². The normalized spacial score (nSPS) is 11.1. The molecule has 4 nitrogen and oxygen atoms in total. The molecule has 0 aliphatic carbocycles. The molecule has 0 bridgehead atoms. The summed E-state index contributed by atoms with van der Waals surface area (Å²) in [6.45, 7) is 0.882. The molecule has 0 aromatic heterocycles. The second kappa shape index (κ2) is 8.03. The van der Waals surface area contributed by atoms with E-state index in [1.54, 1.807) is 18.2 Å². The fraction of sp³-hybridized carbons (Fsp3) is 0.263. The van der Waals surface area contributed by atoms with Crippen LogP contribution in [-0.4, -0.2) is 30.2 Å². The third-order valence-electron chi connectivity index (χ3n) is 3.76. The fourth-order valence-electron chi connectivity index (χ4n) is 2.34. The molecule has 0 N–H and O–H groups in total. The number of hydrogen-bond donors (Lipinski definition) is 0. The van der Waals surface area contributed by atoms with Crippen LogP contribution in [0.15, 0.2) is 48.5 Å². The summed E-state index contributed by atoms with van der Waals surface area (Å²) >= 11 is 0. The number of Topliss-reactive ketones (excluding diaryl/α,β-unsaturated/α-hetero) is 1. The molecule has 0 heterocycles. The van der Waals surface area contributed by atoms with Crippen LogP contribution in [0.5, 0.6) is 5.75 Å². The standard InChI is InChI=1S/C19H18F3NO3/c1-13(24)14-7-5-8-16(10-14)26-12-18(25)23(2)11-15-6-3-4-9-17(15)19(20,21)22/h3-10H,11-12H2,1-2H3. The van der Waals surface area contributed by atoms with Gasteiger partial charge >= 0.3 is 6.18 Å². The van der Waals surface area contributed by atoms with Gasteiger partial charge in [-0.2, -0.15) is 13.2 Å². The fourth-order valence-corrected chi connectivity index (χ4v) is 2.34. The van der Waals surface area contributed by atoms with E-state index in [2.05, 4.69) is 0 Å². The van der Waals surface area contributed by atoms with Crippen molar-refractivity contribution in [3.8, 4) is 5.75 Å². The van der Waals surface area contributed by atoms with Gasteiger partial charge in [0.25, 0.3) is 5.91 Å². The summed E-state index contributed by atoms with van der Waals surface area (Å²) in [4.78, 5) is 24.7.